The molecule has 2 aromatic carbocycles. The smallest absolute Gasteiger partial charge is 0.255 e. The number of nitrogens with one attached hydrogen (secondary N) is 1. The molecule has 0 saturated heterocycles. The molecule has 1 N–H and O–H groups in total. The predicted octanol–water partition coefficient (Wildman–Crippen LogP) is 3.74. The topological polar surface area (TPSA) is 60.5 Å². The van der Waals surface area contributed by atoms with Crippen molar-refractivity contribution in [1.82, 2.24) is 10.3 Å². The van der Waals surface area contributed by atoms with E-state index in [-0.39, 0.29) is 18.3 Å². The summed E-state index contributed by atoms with van der Waals surface area (Å²) in [6, 6.07) is 16.6. The Hall–Kier alpha value is -3.41. The number of hydrogen-bond acceptors (Lipinski definition) is 4. The standard InChI is InChI=1S/C21H19FN2O3/c1-26-20-12-16(10-11-23-20)13-24-21(25)18-4-2-3-5-19(18)27-14-15-6-8-17(22)9-7-15/h2-12H,13-14H2,1H3,(H,24,25). The van der Waals surface area contributed by atoms with Gasteiger partial charge in [0.2, 0.25) is 5.88 Å². The monoisotopic (exact) mass is 366 g/mol. The molecular weight excluding hydrogens is 347 g/mol. The van der Waals surface area contributed by atoms with E-state index in [0.717, 1.165) is 11.1 Å². The number of amides is 1. The number of ether oxygens (including phenoxy) is 2. The Labute approximate surface area is 156 Å². The first-order valence-electron chi connectivity index (χ1n) is 8.39. The van der Waals surface area contributed by atoms with Crippen LogP contribution in [0.1, 0.15) is 21.5 Å². The second-order valence-corrected chi connectivity index (χ2v) is 5.80. The van der Waals surface area contributed by atoms with E-state index in [1.54, 1.807) is 61.8 Å². The molecule has 0 radical (unpaired) electrons. The van der Waals surface area contributed by atoms with Gasteiger partial charge in [0, 0.05) is 18.8 Å². The van der Waals surface area contributed by atoms with Crippen molar-refractivity contribution in [3.63, 3.8) is 0 Å². The molecule has 3 rings (SSSR count). The predicted molar refractivity (Wildman–Crippen MR) is 99.1 cm³/mol. The van der Waals surface area contributed by atoms with Crippen molar-refractivity contribution >= 4 is 5.91 Å². The van der Waals surface area contributed by atoms with Gasteiger partial charge in [-0.25, -0.2) is 9.37 Å². The van der Waals surface area contributed by atoms with Crippen molar-refractivity contribution in [2.24, 2.45) is 0 Å². The van der Waals surface area contributed by atoms with Crippen molar-refractivity contribution < 1.29 is 18.7 Å². The third-order valence-corrected chi connectivity index (χ3v) is 3.90. The molecule has 6 heteroatoms. The number of halogens is 1. The van der Waals surface area contributed by atoms with Crippen molar-refractivity contribution in [3.8, 4) is 11.6 Å². The molecule has 138 valence electrons. The maximum atomic E-state index is 13.0. The third-order valence-electron chi connectivity index (χ3n) is 3.90. The van der Waals surface area contributed by atoms with Gasteiger partial charge in [-0.15, -0.1) is 0 Å². The first-order valence-corrected chi connectivity index (χ1v) is 8.39. The van der Waals surface area contributed by atoms with E-state index in [1.165, 1.54) is 12.1 Å². The Kier molecular flexibility index (Phi) is 5.99. The fourth-order valence-electron chi connectivity index (χ4n) is 2.47. The van der Waals surface area contributed by atoms with E-state index in [2.05, 4.69) is 10.3 Å². The van der Waals surface area contributed by atoms with Crippen LogP contribution in [-0.2, 0) is 13.2 Å². The maximum Gasteiger partial charge on any atom is 0.255 e. The van der Waals surface area contributed by atoms with E-state index >= 15 is 0 Å². The van der Waals surface area contributed by atoms with Gasteiger partial charge >= 0.3 is 0 Å². The molecule has 0 bridgehead atoms. The molecule has 0 saturated carbocycles. The summed E-state index contributed by atoms with van der Waals surface area (Å²) >= 11 is 0. The second-order valence-electron chi connectivity index (χ2n) is 5.80. The van der Waals surface area contributed by atoms with Gasteiger partial charge in [0.25, 0.3) is 5.91 Å². The number of para-hydroxylation sites is 1. The minimum atomic E-state index is -0.300. The lowest BCUT2D eigenvalue weighted by Crippen LogP contribution is -2.23. The van der Waals surface area contributed by atoms with Gasteiger partial charge in [-0.3, -0.25) is 4.79 Å². The Balaban J connectivity index is 1.65. The second kappa shape index (κ2) is 8.80. The molecular formula is C21H19FN2O3. The quantitative estimate of drug-likeness (QED) is 0.692. The highest BCUT2D eigenvalue weighted by Crippen LogP contribution is 2.20. The van der Waals surface area contributed by atoms with Gasteiger partial charge in [0.15, 0.2) is 0 Å². The Morgan fingerprint density at radius 3 is 2.63 bits per heavy atom. The molecule has 0 fully saturated rings. The normalized spacial score (nSPS) is 10.3. The van der Waals surface area contributed by atoms with E-state index < -0.39 is 0 Å². The Bertz CT molecular complexity index is 913. The molecule has 27 heavy (non-hydrogen) atoms. The van der Waals surface area contributed by atoms with Gasteiger partial charge in [0.05, 0.1) is 12.7 Å². The minimum absolute atomic E-state index is 0.242. The number of pyridine rings is 1. The van der Waals surface area contributed by atoms with Crippen molar-refractivity contribution in [2.75, 3.05) is 7.11 Å². The number of carbonyl (C=O) groups is 1. The summed E-state index contributed by atoms with van der Waals surface area (Å²) in [7, 11) is 1.54. The van der Waals surface area contributed by atoms with Crippen molar-refractivity contribution in [1.29, 1.82) is 0 Å². The van der Waals surface area contributed by atoms with Gasteiger partial charge in [-0.2, -0.15) is 0 Å². The summed E-state index contributed by atoms with van der Waals surface area (Å²) in [4.78, 5) is 16.6. The SMILES string of the molecule is COc1cc(CNC(=O)c2ccccc2OCc2ccc(F)cc2)ccn1. The number of benzene rings is 2. The fourth-order valence-corrected chi connectivity index (χ4v) is 2.47. The van der Waals surface area contributed by atoms with Gasteiger partial charge < -0.3 is 14.8 Å². The number of nitrogens with zero attached hydrogens (tertiary/aromatic N) is 1. The Morgan fingerprint density at radius 2 is 1.85 bits per heavy atom. The lowest BCUT2D eigenvalue weighted by atomic mass is 10.1. The number of methoxy groups -OCH3 is 1. The Morgan fingerprint density at radius 1 is 1.07 bits per heavy atom. The molecule has 1 aromatic heterocycles. The molecule has 0 atom stereocenters. The number of rotatable bonds is 7. The summed E-state index contributed by atoms with van der Waals surface area (Å²) in [6.07, 6.45) is 1.63. The lowest BCUT2D eigenvalue weighted by Gasteiger charge is -2.12. The molecule has 0 spiro atoms. The van der Waals surface area contributed by atoms with Gasteiger partial charge in [-0.1, -0.05) is 24.3 Å². The molecule has 5 nitrogen and oxygen atoms in total. The summed E-state index contributed by atoms with van der Waals surface area (Å²) in [5.41, 5.74) is 2.12. The fraction of sp³-hybridized carbons (Fsp3) is 0.143. The van der Waals surface area contributed by atoms with Crippen LogP contribution in [0.25, 0.3) is 0 Å². The molecule has 1 heterocycles. The summed E-state index contributed by atoms with van der Waals surface area (Å²) < 4.78 is 23.8. The first-order chi connectivity index (χ1) is 13.2. The lowest BCUT2D eigenvalue weighted by molar-refractivity contribution is 0.0946. The third kappa shape index (κ3) is 5.04. The minimum Gasteiger partial charge on any atom is -0.488 e. The molecule has 0 aliphatic heterocycles. The van der Waals surface area contributed by atoms with Crippen LogP contribution in [0, 0.1) is 5.82 Å². The molecule has 3 aromatic rings. The average molecular weight is 366 g/mol. The van der Waals surface area contributed by atoms with Crippen LogP contribution in [0.3, 0.4) is 0 Å². The zero-order valence-corrected chi connectivity index (χ0v) is 14.8. The summed E-state index contributed by atoms with van der Waals surface area (Å²) in [6.45, 7) is 0.580. The van der Waals surface area contributed by atoms with Crippen LogP contribution in [0.5, 0.6) is 11.6 Å². The maximum absolute atomic E-state index is 13.0. The number of aromatic nitrogens is 1. The highest BCUT2D eigenvalue weighted by Gasteiger charge is 2.12. The van der Waals surface area contributed by atoms with Crippen LogP contribution in [-0.4, -0.2) is 18.0 Å². The highest BCUT2D eigenvalue weighted by molar-refractivity contribution is 5.96. The van der Waals surface area contributed by atoms with Crippen LogP contribution in [0.2, 0.25) is 0 Å². The van der Waals surface area contributed by atoms with E-state index in [9.17, 15) is 9.18 Å². The van der Waals surface area contributed by atoms with Crippen molar-refractivity contribution in [2.45, 2.75) is 13.2 Å². The van der Waals surface area contributed by atoms with E-state index in [1.807, 2.05) is 0 Å². The van der Waals surface area contributed by atoms with Crippen LogP contribution >= 0.6 is 0 Å². The first kappa shape index (κ1) is 18.4. The highest BCUT2D eigenvalue weighted by atomic mass is 19.1. The zero-order chi connectivity index (χ0) is 19.1. The van der Waals surface area contributed by atoms with E-state index in [0.29, 0.717) is 23.7 Å². The van der Waals surface area contributed by atoms with Crippen LogP contribution in [0.15, 0.2) is 66.9 Å². The van der Waals surface area contributed by atoms with Gasteiger partial charge in [-0.05, 0) is 41.5 Å². The van der Waals surface area contributed by atoms with Crippen molar-refractivity contribution in [3.05, 3.63) is 89.4 Å². The molecule has 0 aliphatic rings. The summed E-state index contributed by atoms with van der Waals surface area (Å²) in [5.74, 6) is 0.406. The molecule has 0 aliphatic carbocycles. The number of carbonyl (C=O) groups excluding carboxylic acids is 1. The number of hydrogen-bond donors (Lipinski definition) is 1. The average Bonchev–Trinajstić information content (AvgIpc) is 2.72. The van der Waals surface area contributed by atoms with E-state index in [4.69, 9.17) is 9.47 Å². The van der Waals surface area contributed by atoms with Crippen LogP contribution < -0.4 is 14.8 Å². The largest absolute Gasteiger partial charge is 0.488 e. The van der Waals surface area contributed by atoms with Gasteiger partial charge in [0.1, 0.15) is 18.2 Å². The van der Waals surface area contributed by atoms with Crippen LogP contribution in [0.4, 0.5) is 4.39 Å². The summed E-state index contributed by atoms with van der Waals surface area (Å²) in [5, 5.41) is 2.86. The zero-order valence-electron chi connectivity index (χ0n) is 14.8. The molecule has 0 unspecified atom stereocenters. The molecule has 1 amide bonds.